The topological polar surface area (TPSA) is 96.7 Å². The summed E-state index contributed by atoms with van der Waals surface area (Å²) in [6.45, 7) is 0. The van der Waals surface area contributed by atoms with Crippen molar-refractivity contribution in [3.05, 3.63) is 36.4 Å². The van der Waals surface area contributed by atoms with Crippen LogP contribution in [0.4, 0.5) is 0 Å². The van der Waals surface area contributed by atoms with Gasteiger partial charge in [0.25, 0.3) is 5.91 Å². The number of nitrogens with zero attached hydrogens (tertiary/aromatic N) is 2. The summed E-state index contributed by atoms with van der Waals surface area (Å²) in [6.07, 6.45) is 10.7. The molecule has 0 saturated heterocycles. The Morgan fingerprint density at radius 1 is 1.26 bits per heavy atom. The second-order valence-corrected chi connectivity index (χ2v) is 6.84. The minimum absolute atomic E-state index is 0.0928. The number of rotatable bonds is 3. The van der Waals surface area contributed by atoms with Crippen LogP contribution in [0.2, 0.25) is 0 Å². The van der Waals surface area contributed by atoms with Crippen molar-refractivity contribution in [1.82, 2.24) is 20.5 Å². The predicted molar refractivity (Wildman–Crippen MR) is 86.6 cm³/mol. The third-order valence-corrected chi connectivity index (χ3v) is 5.40. The van der Waals surface area contributed by atoms with E-state index in [0.29, 0.717) is 17.2 Å². The number of nitrogens with two attached hydrogens (primary N) is 1. The summed E-state index contributed by atoms with van der Waals surface area (Å²) >= 11 is 0. The third kappa shape index (κ3) is 2.74. The molecule has 1 amide bonds. The third-order valence-electron chi connectivity index (χ3n) is 5.40. The van der Waals surface area contributed by atoms with Gasteiger partial charge in [0.15, 0.2) is 0 Å². The fraction of sp³-hybridized carbons (Fsp3) is 0.471. The van der Waals surface area contributed by atoms with E-state index in [1.807, 2.05) is 6.07 Å². The van der Waals surface area contributed by atoms with E-state index >= 15 is 0 Å². The summed E-state index contributed by atoms with van der Waals surface area (Å²) in [6, 6.07) is 4.29. The highest BCUT2D eigenvalue weighted by Crippen LogP contribution is 2.54. The van der Waals surface area contributed by atoms with Crippen molar-refractivity contribution >= 4 is 5.91 Å². The van der Waals surface area contributed by atoms with Crippen LogP contribution in [-0.4, -0.2) is 33.2 Å². The second kappa shape index (κ2) is 5.45. The number of nitrogens with one attached hydrogen (secondary N) is 2. The molecule has 1 atom stereocenters. The van der Waals surface area contributed by atoms with Crippen molar-refractivity contribution in [2.75, 3.05) is 0 Å². The van der Waals surface area contributed by atoms with Gasteiger partial charge in [-0.3, -0.25) is 14.9 Å². The molecule has 0 bridgehead atoms. The van der Waals surface area contributed by atoms with Gasteiger partial charge in [-0.05, 0) is 43.6 Å². The van der Waals surface area contributed by atoms with Crippen LogP contribution in [0.5, 0.6) is 0 Å². The second-order valence-electron chi connectivity index (χ2n) is 6.84. The molecule has 0 aliphatic heterocycles. The molecule has 2 aromatic rings. The van der Waals surface area contributed by atoms with E-state index < -0.39 is 0 Å². The molecule has 2 heterocycles. The molecule has 4 rings (SSSR count). The predicted octanol–water partition coefficient (Wildman–Crippen LogP) is 1.86. The highest BCUT2D eigenvalue weighted by Gasteiger charge is 2.52. The molecule has 23 heavy (non-hydrogen) atoms. The first-order valence-electron chi connectivity index (χ1n) is 8.18. The Hall–Kier alpha value is -2.21. The SMILES string of the molecule is NC1CC12CCC(NC(=O)c1ccc(-c3cn[nH]c3)cn1)CC2. The lowest BCUT2D eigenvalue weighted by Gasteiger charge is -2.29. The van der Waals surface area contributed by atoms with Crippen molar-refractivity contribution in [3.8, 4) is 11.1 Å². The van der Waals surface area contributed by atoms with Gasteiger partial charge in [0.05, 0.1) is 6.20 Å². The van der Waals surface area contributed by atoms with Gasteiger partial charge in [0.2, 0.25) is 0 Å². The maximum Gasteiger partial charge on any atom is 0.270 e. The molecule has 2 aliphatic carbocycles. The smallest absolute Gasteiger partial charge is 0.270 e. The van der Waals surface area contributed by atoms with Gasteiger partial charge >= 0.3 is 0 Å². The van der Waals surface area contributed by atoms with Crippen molar-refractivity contribution in [2.45, 2.75) is 44.2 Å². The molecule has 1 unspecified atom stereocenters. The van der Waals surface area contributed by atoms with Gasteiger partial charge in [0, 0.05) is 35.6 Å². The molecule has 2 fully saturated rings. The minimum atomic E-state index is -0.0928. The quantitative estimate of drug-likeness (QED) is 0.806. The van der Waals surface area contributed by atoms with E-state index in [0.717, 1.165) is 43.2 Å². The number of pyridine rings is 1. The van der Waals surface area contributed by atoms with Crippen LogP contribution in [0.1, 0.15) is 42.6 Å². The molecule has 6 heteroatoms. The molecule has 2 aromatic heterocycles. The van der Waals surface area contributed by atoms with E-state index in [4.69, 9.17) is 5.73 Å². The lowest BCUT2D eigenvalue weighted by Crippen LogP contribution is -2.39. The Morgan fingerprint density at radius 2 is 2.04 bits per heavy atom. The average molecular weight is 311 g/mol. The zero-order valence-electron chi connectivity index (χ0n) is 13.0. The van der Waals surface area contributed by atoms with Crippen LogP contribution >= 0.6 is 0 Å². The fourth-order valence-corrected chi connectivity index (χ4v) is 3.66. The summed E-state index contributed by atoms with van der Waals surface area (Å²) in [5.74, 6) is -0.0928. The zero-order valence-corrected chi connectivity index (χ0v) is 13.0. The molecule has 6 nitrogen and oxygen atoms in total. The summed E-state index contributed by atoms with van der Waals surface area (Å²) < 4.78 is 0. The Kier molecular flexibility index (Phi) is 3.41. The summed E-state index contributed by atoms with van der Waals surface area (Å²) in [5, 5.41) is 9.79. The lowest BCUT2D eigenvalue weighted by atomic mass is 9.83. The molecule has 4 N–H and O–H groups in total. The highest BCUT2D eigenvalue weighted by molar-refractivity contribution is 5.92. The normalized spacial score (nSPS) is 29.4. The molecule has 120 valence electrons. The van der Waals surface area contributed by atoms with Crippen LogP contribution < -0.4 is 11.1 Å². The van der Waals surface area contributed by atoms with Gasteiger partial charge in [0.1, 0.15) is 5.69 Å². The number of H-pyrrole nitrogens is 1. The first-order valence-corrected chi connectivity index (χ1v) is 8.18. The lowest BCUT2D eigenvalue weighted by molar-refractivity contribution is 0.0914. The average Bonchev–Trinajstić information content (AvgIpc) is 2.99. The Bertz CT molecular complexity index is 686. The number of carbonyl (C=O) groups is 1. The Morgan fingerprint density at radius 3 is 2.61 bits per heavy atom. The molecule has 0 radical (unpaired) electrons. The first-order chi connectivity index (χ1) is 11.2. The van der Waals surface area contributed by atoms with Crippen LogP contribution in [0.25, 0.3) is 11.1 Å². The molecule has 2 aliphatic rings. The highest BCUT2D eigenvalue weighted by atomic mass is 16.1. The molecular weight excluding hydrogens is 290 g/mol. The van der Waals surface area contributed by atoms with Gasteiger partial charge in [-0.1, -0.05) is 6.07 Å². The van der Waals surface area contributed by atoms with Crippen LogP contribution in [-0.2, 0) is 0 Å². The van der Waals surface area contributed by atoms with Gasteiger partial charge in [-0.25, -0.2) is 0 Å². The first kappa shape index (κ1) is 14.4. The van der Waals surface area contributed by atoms with Crippen molar-refractivity contribution < 1.29 is 4.79 Å². The summed E-state index contributed by atoms with van der Waals surface area (Å²) in [5.41, 5.74) is 8.78. The standard InChI is InChI=1S/C17H21N5O/c18-15-7-17(15)5-3-13(4-6-17)22-16(23)14-2-1-11(8-19-14)12-9-20-21-10-12/h1-2,8-10,13,15H,3-7,18H2,(H,20,21)(H,22,23). The van der Waals surface area contributed by atoms with E-state index in [-0.39, 0.29) is 11.9 Å². The van der Waals surface area contributed by atoms with Gasteiger partial charge < -0.3 is 11.1 Å². The maximum absolute atomic E-state index is 12.3. The Balaban J connectivity index is 1.36. The van der Waals surface area contributed by atoms with Gasteiger partial charge in [-0.15, -0.1) is 0 Å². The molecule has 2 saturated carbocycles. The largest absolute Gasteiger partial charge is 0.348 e. The van der Waals surface area contributed by atoms with E-state index in [1.54, 1.807) is 24.7 Å². The summed E-state index contributed by atoms with van der Waals surface area (Å²) in [7, 11) is 0. The monoisotopic (exact) mass is 311 g/mol. The number of aromatic nitrogens is 3. The molecular formula is C17H21N5O. The van der Waals surface area contributed by atoms with Crippen molar-refractivity contribution in [1.29, 1.82) is 0 Å². The minimum Gasteiger partial charge on any atom is -0.348 e. The maximum atomic E-state index is 12.3. The fourth-order valence-electron chi connectivity index (χ4n) is 3.66. The number of hydrogen-bond donors (Lipinski definition) is 3. The number of aromatic amines is 1. The van der Waals surface area contributed by atoms with Crippen LogP contribution in [0, 0.1) is 5.41 Å². The number of amides is 1. The van der Waals surface area contributed by atoms with E-state index in [2.05, 4.69) is 20.5 Å². The molecule has 0 aromatic carbocycles. The van der Waals surface area contributed by atoms with E-state index in [1.165, 1.54) is 0 Å². The number of hydrogen-bond acceptors (Lipinski definition) is 4. The zero-order chi connectivity index (χ0) is 15.9. The van der Waals surface area contributed by atoms with Crippen molar-refractivity contribution in [2.24, 2.45) is 11.1 Å². The van der Waals surface area contributed by atoms with Crippen LogP contribution in [0.3, 0.4) is 0 Å². The van der Waals surface area contributed by atoms with Crippen LogP contribution in [0.15, 0.2) is 30.7 Å². The van der Waals surface area contributed by atoms with Gasteiger partial charge in [-0.2, -0.15) is 5.10 Å². The Labute approximate surface area is 134 Å². The summed E-state index contributed by atoms with van der Waals surface area (Å²) in [4.78, 5) is 16.6. The number of carbonyl (C=O) groups excluding carboxylic acids is 1. The molecule has 1 spiro atoms. The van der Waals surface area contributed by atoms with E-state index in [9.17, 15) is 4.79 Å². The van der Waals surface area contributed by atoms with Crippen molar-refractivity contribution in [3.63, 3.8) is 0 Å².